The second-order valence-corrected chi connectivity index (χ2v) is 13.8. The van der Waals surface area contributed by atoms with Crippen LogP contribution in [0.3, 0.4) is 0 Å². The molecule has 266 valence electrons. The Labute approximate surface area is 292 Å². The van der Waals surface area contributed by atoms with E-state index in [1.54, 1.807) is 32.9 Å². The molecule has 3 aromatic carbocycles. The molecule has 3 atom stereocenters. The van der Waals surface area contributed by atoms with Crippen LogP contribution in [0.5, 0.6) is 0 Å². The van der Waals surface area contributed by atoms with Crippen molar-refractivity contribution in [3.63, 3.8) is 0 Å². The Morgan fingerprint density at radius 1 is 0.840 bits per heavy atom. The molecule has 0 aliphatic heterocycles. The van der Waals surface area contributed by atoms with E-state index in [0.717, 1.165) is 5.56 Å². The quantitative estimate of drug-likeness (QED) is 0.102. The summed E-state index contributed by atoms with van der Waals surface area (Å²) < 4.78 is 21.9. The van der Waals surface area contributed by atoms with Gasteiger partial charge in [0.05, 0.1) is 18.6 Å². The lowest BCUT2D eigenvalue weighted by atomic mass is 9.92. The number of halogens is 1. The van der Waals surface area contributed by atoms with E-state index in [-0.39, 0.29) is 37.4 Å². The van der Waals surface area contributed by atoms with Gasteiger partial charge in [0.2, 0.25) is 0 Å². The molecular weight excluding hydrogens is 639 g/mol. The van der Waals surface area contributed by atoms with Crippen LogP contribution in [0.25, 0.3) is 22.3 Å². The van der Waals surface area contributed by atoms with Crippen LogP contribution in [0.2, 0.25) is 0 Å². The minimum absolute atomic E-state index is 0.142. The minimum Gasteiger partial charge on any atom is -0.481 e. The van der Waals surface area contributed by atoms with Crippen molar-refractivity contribution in [1.82, 2.24) is 9.88 Å². The molecule has 50 heavy (non-hydrogen) atoms. The predicted molar refractivity (Wildman–Crippen MR) is 190 cm³/mol. The highest BCUT2D eigenvalue weighted by atomic mass is 19.1. The summed E-state index contributed by atoms with van der Waals surface area (Å²) in [7, 11) is 0. The van der Waals surface area contributed by atoms with E-state index < -0.39 is 53.9 Å². The molecule has 4 rings (SSSR count). The van der Waals surface area contributed by atoms with Crippen molar-refractivity contribution >= 4 is 17.8 Å². The third-order valence-electron chi connectivity index (χ3n) is 8.18. The van der Waals surface area contributed by atoms with Gasteiger partial charge in [0.15, 0.2) is 0 Å². The van der Waals surface area contributed by atoms with Crippen molar-refractivity contribution < 1.29 is 38.8 Å². The number of aliphatic hydroxyl groups is 2. The van der Waals surface area contributed by atoms with Crippen LogP contribution in [-0.4, -0.2) is 61.6 Å². The topological polar surface area (TPSA) is 138 Å². The highest BCUT2D eigenvalue weighted by Gasteiger charge is 2.34. The number of carbonyl (C=O) groups is 3. The summed E-state index contributed by atoms with van der Waals surface area (Å²) >= 11 is 0. The van der Waals surface area contributed by atoms with Crippen LogP contribution >= 0.6 is 0 Å². The lowest BCUT2D eigenvalue weighted by Crippen LogP contribution is -2.46. The Morgan fingerprint density at radius 2 is 1.42 bits per heavy atom. The standard InChI is InChI=1S/C40H47FN2O7/c1-25(2)43-33(21-20-30(44)23-31(45)24-34(46)47)35(28-16-18-29(41)19-17-28)36(27-14-10-7-11-15-27)37(43)38(48)42-32(39(49)50-40(3,4)5)22-26-12-8-6-9-13-26/h6-19,25,30-32,44-45H,20-24H2,1-5H3,(H,42,48)(H,46,47). The van der Waals surface area contributed by atoms with Crippen LogP contribution < -0.4 is 5.32 Å². The number of hydrogen-bond donors (Lipinski definition) is 4. The van der Waals surface area contributed by atoms with E-state index in [4.69, 9.17) is 9.84 Å². The van der Waals surface area contributed by atoms with Crippen molar-refractivity contribution in [2.24, 2.45) is 0 Å². The zero-order valence-electron chi connectivity index (χ0n) is 29.2. The first-order chi connectivity index (χ1) is 23.6. The summed E-state index contributed by atoms with van der Waals surface area (Å²) in [5.74, 6) is -2.70. The molecular formula is C40H47FN2O7. The van der Waals surface area contributed by atoms with Crippen LogP contribution in [0.1, 0.15) is 81.7 Å². The van der Waals surface area contributed by atoms with Crippen molar-refractivity contribution in [3.8, 4) is 22.3 Å². The molecule has 0 fully saturated rings. The number of carbonyl (C=O) groups excluding carboxylic acids is 2. The second-order valence-electron chi connectivity index (χ2n) is 13.8. The molecule has 1 aromatic heterocycles. The third-order valence-corrected chi connectivity index (χ3v) is 8.18. The highest BCUT2D eigenvalue weighted by molar-refractivity contribution is 6.06. The van der Waals surface area contributed by atoms with Gasteiger partial charge in [0.25, 0.3) is 5.91 Å². The number of hydrogen-bond acceptors (Lipinski definition) is 6. The van der Waals surface area contributed by atoms with Crippen LogP contribution in [0.15, 0.2) is 84.9 Å². The van der Waals surface area contributed by atoms with Gasteiger partial charge < -0.3 is 29.9 Å². The molecule has 0 bridgehead atoms. The predicted octanol–water partition coefficient (Wildman–Crippen LogP) is 6.74. The van der Waals surface area contributed by atoms with E-state index in [9.17, 15) is 29.0 Å². The number of carboxylic acids is 1. The fraction of sp³-hybridized carbons (Fsp3) is 0.375. The number of benzene rings is 3. The largest absolute Gasteiger partial charge is 0.481 e. The normalized spacial score (nSPS) is 13.5. The number of rotatable bonds is 15. The number of nitrogens with zero attached hydrogens (tertiary/aromatic N) is 1. The molecule has 0 saturated heterocycles. The molecule has 0 saturated carbocycles. The van der Waals surface area contributed by atoms with Crippen LogP contribution in [0.4, 0.5) is 4.39 Å². The fourth-order valence-corrected chi connectivity index (χ4v) is 6.15. The first-order valence-electron chi connectivity index (χ1n) is 16.9. The maximum absolute atomic E-state index is 14.7. The first kappa shape index (κ1) is 38.0. The van der Waals surface area contributed by atoms with Gasteiger partial charge in [-0.1, -0.05) is 72.8 Å². The van der Waals surface area contributed by atoms with E-state index in [2.05, 4.69) is 5.32 Å². The third kappa shape index (κ3) is 10.1. The summed E-state index contributed by atoms with van der Waals surface area (Å²) in [5, 5.41) is 33.1. The number of amides is 1. The highest BCUT2D eigenvalue weighted by Crippen LogP contribution is 2.42. The molecule has 0 spiro atoms. The van der Waals surface area contributed by atoms with Crippen molar-refractivity contribution in [1.29, 1.82) is 0 Å². The molecule has 0 radical (unpaired) electrons. The van der Waals surface area contributed by atoms with Crippen molar-refractivity contribution in [2.75, 3.05) is 0 Å². The van der Waals surface area contributed by atoms with E-state index >= 15 is 0 Å². The van der Waals surface area contributed by atoms with E-state index in [1.165, 1.54) is 12.1 Å². The fourth-order valence-electron chi connectivity index (χ4n) is 6.15. The Bertz CT molecular complexity index is 1750. The van der Waals surface area contributed by atoms with Gasteiger partial charge >= 0.3 is 11.9 Å². The summed E-state index contributed by atoms with van der Waals surface area (Å²) in [5.41, 5.74) is 3.58. The van der Waals surface area contributed by atoms with E-state index in [1.807, 2.05) is 79.1 Å². The van der Waals surface area contributed by atoms with Gasteiger partial charge in [-0.2, -0.15) is 0 Å². The zero-order valence-corrected chi connectivity index (χ0v) is 29.2. The molecule has 1 amide bonds. The molecule has 0 aliphatic carbocycles. The van der Waals surface area contributed by atoms with Crippen molar-refractivity contribution in [3.05, 3.63) is 108 Å². The second kappa shape index (κ2) is 16.7. The average molecular weight is 687 g/mol. The summed E-state index contributed by atoms with van der Waals surface area (Å²) in [6.45, 7) is 9.14. The Kier molecular flexibility index (Phi) is 12.7. The lowest BCUT2D eigenvalue weighted by Gasteiger charge is -2.25. The summed E-state index contributed by atoms with van der Waals surface area (Å²) in [6, 6.07) is 23.3. The van der Waals surface area contributed by atoms with Crippen LogP contribution in [-0.2, 0) is 27.2 Å². The number of ether oxygens (including phenoxy) is 1. The van der Waals surface area contributed by atoms with Gasteiger partial charge in [-0.05, 0) is 82.7 Å². The Hall–Kier alpha value is -4.80. The smallest absolute Gasteiger partial charge is 0.329 e. The maximum atomic E-state index is 14.7. The van der Waals surface area contributed by atoms with Gasteiger partial charge in [0, 0.05) is 29.3 Å². The number of carboxylic acid groups (broad SMARTS) is 1. The molecule has 10 heteroatoms. The lowest BCUT2D eigenvalue weighted by molar-refractivity contribution is -0.157. The number of esters is 1. The Morgan fingerprint density at radius 3 is 1.98 bits per heavy atom. The monoisotopic (exact) mass is 686 g/mol. The minimum atomic E-state index is -1.23. The number of aliphatic carboxylic acids is 1. The average Bonchev–Trinajstić information content (AvgIpc) is 3.39. The van der Waals surface area contributed by atoms with Gasteiger partial charge in [0.1, 0.15) is 23.2 Å². The number of aromatic nitrogens is 1. The first-order valence-corrected chi connectivity index (χ1v) is 16.9. The van der Waals surface area contributed by atoms with E-state index in [0.29, 0.717) is 27.9 Å². The van der Waals surface area contributed by atoms with Crippen molar-refractivity contribution in [2.45, 2.75) is 96.6 Å². The van der Waals surface area contributed by atoms with Gasteiger partial charge in [-0.15, -0.1) is 0 Å². The SMILES string of the molecule is CC(C)n1c(CCC(O)CC(O)CC(=O)O)c(-c2ccc(F)cc2)c(-c2ccccc2)c1C(=O)NC(Cc1ccccc1)C(=O)OC(C)(C)C. The van der Waals surface area contributed by atoms with Gasteiger partial charge in [-0.3, -0.25) is 9.59 Å². The summed E-state index contributed by atoms with van der Waals surface area (Å²) in [6.07, 6.45) is -2.34. The molecule has 9 nitrogen and oxygen atoms in total. The molecule has 1 heterocycles. The number of aliphatic hydroxyl groups excluding tert-OH is 2. The molecule has 0 aliphatic rings. The van der Waals surface area contributed by atoms with Gasteiger partial charge in [-0.25, -0.2) is 9.18 Å². The zero-order chi connectivity index (χ0) is 36.6. The molecule has 3 unspecified atom stereocenters. The number of nitrogens with one attached hydrogen (secondary N) is 1. The Balaban J connectivity index is 1.90. The summed E-state index contributed by atoms with van der Waals surface area (Å²) in [4.78, 5) is 39.4. The molecule has 4 N–H and O–H groups in total. The van der Waals surface area contributed by atoms with Crippen LogP contribution in [0, 0.1) is 5.82 Å². The maximum Gasteiger partial charge on any atom is 0.329 e. The molecule has 4 aromatic rings.